The zero-order valence-electron chi connectivity index (χ0n) is 31.3. The van der Waals surface area contributed by atoms with Crippen LogP contribution in [-0.2, 0) is 0 Å². The summed E-state index contributed by atoms with van der Waals surface area (Å²) in [5, 5.41) is 0. The maximum absolute atomic E-state index is 5.27. The normalized spacial score (nSPS) is 15.1. The largest absolute Gasteiger partial charge is 0.239 e. The fraction of sp³-hybridized carbons (Fsp3) is 0.0545. The van der Waals surface area contributed by atoms with E-state index in [1.54, 1.807) is 0 Å². The first-order valence-electron chi connectivity index (χ1n) is 19.5. The minimum Gasteiger partial charge on any atom is -0.239 e. The molecule has 0 unspecified atom stereocenters. The Morgan fingerprint density at radius 2 is 0.929 bits per heavy atom. The molecule has 1 heterocycles. The van der Waals surface area contributed by atoms with E-state index in [2.05, 4.69) is 218 Å². The van der Waals surface area contributed by atoms with Gasteiger partial charge in [-0.1, -0.05) is 206 Å². The standard InChI is InChI=1S/C55H41N/c1-5-13-40(14-6-1)42-21-23-46(24-22-42)51-37-38-54(49-33-27-43(28-34-49)41-15-7-2-8-16-41)56-55(39-51)50-35-29-45(30-36-50)44-25-31-48(32-26-44)53-20-12-4-11-19-52(53)47-17-9-3-10-18-47/h1,3-7,9-10,12-37,39H,2,8,11H2. The Hall–Kier alpha value is -7.05. The Balaban J connectivity index is 1.03. The number of nitrogens with zero attached hydrogens (tertiary/aromatic N) is 1. The number of allylic oxidation sites excluding steroid dienone is 13. The van der Waals surface area contributed by atoms with E-state index in [0.717, 1.165) is 52.9 Å². The van der Waals surface area contributed by atoms with Crippen molar-refractivity contribution in [3.05, 3.63) is 252 Å². The van der Waals surface area contributed by atoms with Crippen LogP contribution in [0.25, 0.3) is 50.2 Å². The van der Waals surface area contributed by atoms with Gasteiger partial charge in [-0.05, 0) is 98.2 Å². The summed E-state index contributed by atoms with van der Waals surface area (Å²) < 4.78 is 0. The van der Waals surface area contributed by atoms with Gasteiger partial charge >= 0.3 is 0 Å². The highest BCUT2D eigenvalue weighted by Crippen LogP contribution is 2.35. The fourth-order valence-corrected chi connectivity index (χ4v) is 7.56. The molecule has 0 saturated carbocycles. The third-order valence-corrected chi connectivity index (χ3v) is 10.6. The molecule has 9 rings (SSSR count). The minimum absolute atomic E-state index is 0.818. The zero-order valence-corrected chi connectivity index (χ0v) is 31.3. The van der Waals surface area contributed by atoms with Gasteiger partial charge in [0.2, 0.25) is 0 Å². The number of hydrogen-bond acceptors (Lipinski definition) is 1. The molecule has 1 aliphatic heterocycles. The summed E-state index contributed by atoms with van der Waals surface area (Å²) in [6, 6.07) is 56.5. The first kappa shape index (κ1) is 34.7. The van der Waals surface area contributed by atoms with Crippen LogP contribution in [0.5, 0.6) is 0 Å². The molecular formula is C55H41N. The number of rotatable bonds is 8. The predicted octanol–water partition coefficient (Wildman–Crippen LogP) is 14.3. The summed E-state index contributed by atoms with van der Waals surface area (Å²) in [6.45, 7) is 0. The zero-order chi connectivity index (χ0) is 37.5. The molecule has 0 atom stereocenters. The molecule has 3 aliphatic rings. The van der Waals surface area contributed by atoms with Crippen molar-refractivity contribution in [2.45, 2.75) is 19.3 Å². The van der Waals surface area contributed by atoms with E-state index in [4.69, 9.17) is 4.99 Å². The average Bonchev–Trinajstić information content (AvgIpc) is 3.68. The van der Waals surface area contributed by atoms with Gasteiger partial charge in [0.05, 0.1) is 5.71 Å². The Bertz CT molecular complexity index is 2650. The summed E-state index contributed by atoms with van der Waals surface area (Å²) in [5.74, 6) is 0. The summed E-state index contributed by atoms with van der Waals surface area (Å²) >= 11 is 0. The van der Waals surface area contributed by atoms with Crippen LogP contribution >= 0.6 is 0 Å². The summed E-state index contributed by atoms with van der Waals surface area (Å²) in [7, 11) is 0. The second-order valence-corrected chi connectivity index (χ2v) is 14.3. The van der Waals surface area contributed by atoms with E-state index in [1.807, 2.05) is 0 Å². The van der Waals surface area contributed by atoms with Crippen molar-refractivity contribution in [2.24, 2.45) is 4.99 Å². The van der Waals surface area contributed by atoms with E-state index < -0.39 is 0 Å². The first-order chi connectivity index (χ1) is 27.7. The van der Waals surface area contributed by atoms with Gasteiger partial charge in [0.25, 0.3) is 0 Å². The molecule has 266 valence electrons. The lowest BCUT2D eigenvalue weighted by Crippen LogP contribution is -1.99. The lowest BCUT2D eigenvalue weighted by atomic mass is 9.91. The van der Waals surface area contributed by atoms with Gasteiger partial charge in [0, 0.05) is 11.1 Å². The molecule has 56 heavy (non-hydrogen) atoms. The molecule has 0 bridgehead atoms. The number of hydrogen-bond donors (Lipinski definition) is 0. The van der Waals surface area contributed by atoms with E-state index in [9.17, 15) is 0 Å². The molecule has 2 aliphatic carbocycles. The van der Waals surface area contributed by atoms with Crippen molar-refractivity contribution >= 4 is 33.7 Å². The van der Waals surface area contributed by atoms with Crippen molar-refractivity contribution in [3.63, 3.8) is 0 Å². The van der Waals surface area contributed by atoms with Crippen molar-refractivity contribution in [2.75, 3.05) is 0 Å². The van der Waals surface area contributed by atoms with Crippen LogP contribution < -0.4 is 0 Å². The number of benzene rings is 6. The molecule has 1 nitrogen and oxygen atoms in total. The molecule has 0 spiro atoms. The molecule has 0 aromatic heterocycles. The highest BCUT2D eigenvalue weighted by Gasteiger charge is 2.14. The monoisotopic (exact) mass is 715 g/mol. The quantitative estimate of drug-likeness (QED) is 0.139. The smallest absolute Gasteiger partial charge is 0.113 e. The lowest BCUT2D eigenvalue weighted by molar-refractivity contribution is 1.04. The van der Waals surface area contributed by atoms with Gasteiger partial charge in [-0.3, -0.25) is 0 Å². The topological polar surface area (TPSA) is 12.4 Å². The second-order valence-electron chi connectivity index (χ2n) is 14.3. The van der Waals surface area contributed by atoms with E-state index in [-0.39, 0.29) is 0 Å². The summed E-state index contributed by atoms with van der Waals surface area (Å²) in [4.78, 5) is 5.27. The van der Waals surface area contributed by atoms with Crippen LogP contribution in [0, 0.1) is 0 Å². The molecule has 6 aromatic rings. The van der Waals surface area contributed by atoms with Crippen LogP contribution in [0.4, 0.5) is 0 Å². The average molecular weight is 716 g/mol. The van der Waals surface area contributed by atoms with Crippen LogP contribution in [0.1, 0.15) is 52.6 Å². The summed E-state index contributed by atoms with van der Waals surface area (Å²) in [5.41, 5.74) is 21.8. The Morgan fingerprint density at radius 1 is 0.411 bits per heavy atom. The SMILES string of the molecule is C1=CC(c2ccc(-c3ccccc3)cc2)=CC(c2ccc(-c3ccc(C4=CC=CCC=C4c4ccccc4)cc3)cc2)=NC=1c1ccc(C2=CCCC=C2)cc1. The molecule has 0 saturated heterocycles. The Kier molecular flexibility index (Phi) is 9.99. The van der Waals surface area contributed by atoms with Crippen molar-refractivity contribution in [1.29, 1.82) is 0 Å². The molecule has 1 heteroatoms. The Labute approximate surface area is 330 Å². The van der Waals surface area contributed by atoms with Gasteiger partial charge in [0.15, 0.2) is 0 Å². The minimum atomic E-state index is 0.818. The van der Waals surface area contributed by atoms with Crippen LogP contribution in [-0.4, -0.2) is 5.71 Å². The van der Waals surface area contributed by atoms with Crippen molar-refractivity contribution in [3.8, 4) is 22.3 Å². The third kappa shape index (κ3) is 7.63. The molecule has 0 fully saturated rings. The molecule has 0 N–H and O–H groups in total. The van der Waals surface area contributed by atoms with Crippen LogP contribution in [0.15, 0.2) is 223 Å². The van der Waals surface area contributed by atoms with Crippen molar-refractivity contribution in [1.82, 2.24) is 0 Å². The van der Waals surface area contributed by atoms with E-state index in [0.29, 0.717) is 0 Å². The first-order valence-corrected chi connectivity index (χ1v) is 19.5. The van der Waals surface area contributed by atoms with Crippen LogP contribution in [0.3, 0.4) is 0 Å². The predicted molar refractivity (Wildman–Crippen MR) is 239 cm³/mol. The van der Waals surface area contributed by atoms with Gasteiger partial charge in [-0.15, -0.1) is 0 Å². The molecular weight excluding hydrogens is 675 g/mol. The maximum atomic E-state index is 5.27. The maximum Gasteiger partial charge on any atom is 0.113 e. The number of aliphatic imine (C=N–C) groups is 1. The fourth-order valence-electron chi connectivity index (χ4n) is 7.56. The molecule has 6 aromatic carbocycles. The highest BCUT2D eigenvalue weighted by molar-refractivity contribution is 6.16. The van der Waals surface area contributed by atoms with E-state index >= 15 is 0 Å². The molecule has 0 amide bonds. The van der Waals surface area contributed by atoms with Gasteiger partial charge < -0.3 is 0 Å². The lowest BCUT2D eigenvalue weighted by Gasteiger charge is -2.13. The van der Waals surface area contributed by atoms with Gasteiger partial charge in [-0.2, -0.15) is 0 Å². The second kappa shape index (κ2) is 16.1. The highest BCUT2D eigenvalue weighted by atomic mass is 14.8. The third-order valence-electron chi connectivity index (χ3n) is 10.6. The van der Waals surface area contributed by atoms with Gasteiger partial charge in [0.1, 0.15) is 5.70 Å². The van der Waals surface area contributed by atoms with Crippen LogP contribution in [0.2, 0.25) is 0 Å². The Morgan fingerprint density at radius 3 is 1.55 bits per heavy atom. The van der Waals surface area contributed by atoms with Crippen molar-refractivity contribution < 1.29 is 0 Å². The summed E-state index contributed by atoms with van der Waals surface area (Å²) in [6.07, 6.45) is 23.1. The van der Waals surface area contributed by atoms with Gasteiger partial charge in [-0.25, -0.2) is 4.99 Å². The molecule has 0 radical (unpaired) electrons. The van der Waals surface area contributed by atoms with E-state index in [1.165, 1.54) is 55.7 Å².